The summed E-state index contributed by atoms with van der Waals surface area (Å²) in [4.78, 5) is 24.5. The van der Waals surface area contributed by atoms with Gasteiger partial charge in [0.1, 0.15) is 0 Å². The van der Waals surface area contributed by atoms with Gasteiger partial charge in [0.2, 0.25) is 5.78 Å². The van der Waals surface area contributed by atoms with E-state index in [2.05, 4.69) is 52.1 Å². The van der Waals surface area contributed by atoms with Gasteiger partial charge in [0.25, 0.3) is 0 Å². The van der Waals surface area contributed by atoms with Crippen molar-refractivity contribution in [3.63, 3.8) is 0 Å². The van der Waals surface area contributed by atoms with Gasteiger partial charge in [-0.2, -0.15) is 0 Å². The molecule has 196 valence electrons. The molecule has 2 N–H and O–H groups in total. The summed E-state index contributed by atoms with van der Waals surface area (Å²) in [7, 11) is 1.61. The van der Waals surface area contributed by atoms with Gasteiger partial charge in [0.05, 0.1) is 6.61 Å². The zero-order valence-electron chi connectivity index (χ0n) is 23.1. The molecule has 0 heterocycles. The van der Waals surface area contributed by atoms with Crippen molar-refractivity contribution in [1.29, 1.82) is 0 Å². The molecule has 0 aromatic heterocycles. The minimum atomic E-state index is -0.349. The third kappa shape index (κ3) is 3.26. The van der Waals surface area contributed by atoms with Crippen molar-refractivity contribution in [2.75, 3.05) is 13.7 Å². The molecule has 0 bridgehead atoms. The fraction of sp³-hybridized carbons (Fsp3) is 0.677. The first-order valence-corrected chi connectivity index (χ1v) is 13.7. The predicted molar refractivity (Wildman–Crippen MR) is 141 cm³/mol. The summed E-state index contributed by atoms with van der Waals surface area (Å²) in [5.41, 5.74) is 4.43. The van der Waals surface area contributed by atoms with E-state index in [1.54, 1.807) is 13.1 Å². The number of hydrogen-bond acceptors (Lipinski definition) is 4. The molecule has 1 amide bonds. The van der Waals surface area contributed by atoms with Crippen LogP contribution in [0.1, 0.15) is 86.5 Å². The third-order valence-electron chi connectivity index (χ3n) is 11.7. The van der Waals surface area contributed by atoms with Crippen LogP contribution in [0.15, 0.2) is 46.3 Å². The van der Waals surface area contributed by atoms with E-state index in [1.165, 1.54) is 18.4 Å². The Balaban J connectivity index is 1.55. The zero-order chi connectivity index (χ0) is 26.3. The highest BCUT2D eigenvalue weighted by molar-refractivity contribution is 6.06. The predicted octanol–water partition coefficient (Wildman–Crippen LogP) is 6.97. The Bertz CT molecular complexity index is 1160. The van der Waals surface area contributed by atoms with Crippen molar-refractivity contribution in [2.45, 2.75) is 86.5 Å². The van der Waals surface area contributed by atoms with Gasteiger partial charge in [-0.1, -0.05) is 52.3 Å². The minimum absolute atomic E-state index is 0.00705. The highest BCUT2D eigenvalue weighted by Gasteiger charge is 2.66. The van der Waals surface area contributed by atoms with Crippen LogP contribution < -0.4 is 5.32 Å². The van der Waals surface area contributed by atoms with Crippen LogP contribution in [0.5, 0.6) is 0 Å². The maximum atomic E-state index is 12.7. The number of alkyl carbamates (subject to hydrolysis) is 1. The molecule has 0 unspecified atom stereocenters. The number of rotatable bonds is 2. The van der Waals surface area contributed by atoms with E-state index in [-0.39, 0.29) is 44.7 Å². The van der Waals surface area contributed by atoms with E-state index in [4.69, 9.17) is 4.74 Å². The molecule has 0 saturated heterocycles. The molecule has 5 aliphatic rings. The normalized spacial score (nSPS) is 43.7. The molecule has 0 spiro atoms. The molecule has 3 saturated carbocycles. The lowest BCUT2D eigenvalue weighted by Crippen LogP contribution is -2.62. The molecule has 0 aromatic rings. The van der Waals surface area contributed by atoms with Crippen LogP contribution in [-0.2, 0) is 9.53 Å². The SMILES string of the molecule is CNC(=O)OC[C@]1(C)CC[C@@]2(C)CC[C@]3(C)C4=CC=C5C(=CC(=O)C(O)=C5C)[C@]4(C)CC[C@@]3(C)[C@@H]2C1. The Morgan fingerprint density at radius 2 is 1.75 bits per heavy atom. The summed E-state index contributed by atoms with van der Waals surface area (Å²) >= 11 is 0. The molecule has 5 aliphatic carbocycles. The molecule has 5 heteroatoms. The van der Waals surface area contributed by atoms with Crippen LogP contribution in [-0.4, -0.2) is 30.6 Å². The van der Waals surface area contributed by atoms with Crippen molar-refractivity contribution in [3.05, 3.63) is 46.3 Å². The first-order chi connectivity index (χ1) is 16.7. The largest absolute Gasteiger partial charge is 0.504 e. The number of nitrogens with one attached hydrogen (secondary N) is 1. The van der Waals surface area contributed by atoms with E-state index < -0.39 is 0 Å². The van der Waals surface area contributed by atoms with Crippen molar-refractivity contribution in [2.24, 2.45) is 33.0 Å². The first kappa shape index (κ1) is 25.4. The minimum Gasteiger partial charge on any atom is -0.504 e. The second-order valence-electron chi connectivity index (χ2n) is 13.7. The second kappa shape index (κ2) is 7.85. The molecule has 3 fully saturated rings. The van der Waals surface area contributed by atoms with E-state index in [0.717, 1.165) is 43.3 Å². The second-order valence-corrected chi connectivity index (χ2v) is 13.7. The lowest BCUT2D eigenvalue weighted by atomic mass is 9.34. The van der Waals surface area contributed by atoms with Crippen molar-refractivity contribution >= 4 is 11.9 Å². The van der Waals surface area contributed by atoms with Gasteiger partial charge < -0.3 is 15.2 Å². The van der Waals surface area contributed by atoms with Gasteiger partial charge in [-0.3, -0.25) is 4.79 Å². The van der Waals surface area contributed by atoms with Gasteiger partial charge in [0.15, 0.2) is 5.76 Å². The van der Waals surface area contributed by atoms with E-state index in [1.807, 2.05) is 6.92 Å². The molecule has 5 rings (SSSR count). The van der Waals surface area contributed by atoms with Crippen LogP contribution in [0.2, 0.25) is 0 Å². The van der Waals surface area contributed by atoms with Crippen molar-refractivity contribution in [1.82, 2.24) is 5.32 Å². The monoisotopic (exact) mass is 493 g/mol. The Morgan fingerprint density at radius 1 is 1.06 bits per heavy atom. The highest BCUT2D eigenvalue weighted by atomic mass is 16.5. The molecule has 6 atom stereocenters. The summed E-state index contributed by atoms with van der Waals surface area (Å²) in [5.74, 6) is 0.140. The van der Waals surface area contributed by atoms with Crippen LogP contribution in [0.4, 0.5) is 4.79 Å². The fourth-order valence-corrected chi connectivity index (χ4v) is 8.97. The van der Waals surface area contributed by atoms with E-state index in [0.29, 0.717) is 18.1 Å². The molecule has 0 radical (unpaired) electrons. The topological polar surface area (TPSA) is 75.6 Å². The summed E-state index contributed by atoms with van der Waals surface area (Å²) in [6.07, 6.45) is 13.6. The molecule has 5 nitrogen and oxygen atoms in total. The number of ketones is 1. The lowest BCUT2D eigenvalue weighted by molar-refractivity contribution is -0.165. The Labute approximate surface area is 216 Å². The number of allylic oxidation sites excluding steroid dienone is 7. The maximum absolute atomic E-state index is 12.7. The number of aliphatic hydroxyl groups is 1. The summed E-state index contributed by atoms with van der Waals surface area (Å²) < 4.78 is 5.60. The summed E-state index contributed by atoms with van der Waals surface area (Å²) in [5, 5.41) is 12.9. The molecular formula is C31H43NO4. The van der Waals surface area contributed by atoms with Crippen LogP contribution in [0, 0.1) is 33.0 Å². The standard InChI is InChI=1S/C31H43NO4/c1-19-20-8-9-23-29(4,21(20)16-22(33)25(19)34)13-15-31(6)24-17-27(2,18-36-26(35)32-7)10-11-28(24,3)12-14-30(23,31)5/h8-9,16,24,34H,10-15,17-18H2,1-7H3,(H,32,35)/t24-,27-,28+,29+,30-,31+/m1/s1. The Hall–Kier alpha value is -2.30. The van der Waals surface area contributed by atoms with Crippen LogP contribution >= 0.6 is 0 Å². The molecular weight excluding hydrogens is 450 g/mol. The van der Waals surface area contributed by atoms with Gasteiger partial charge >= 0.3 is 6.09 Å². The van der Waals surface area contributed by atoms with E-state index >= 15 is 0 Å². The van der Waals surface area contributed by atoms with Crippen LogP contribution in [0.25, 0.3) is 0 Å². The number of carbonyl (C=O) groups excluding carboxylic acids is 2. The quantitative estimate of drug-likeness (QED) is 0.436. The fourth-order valence-electron chi connectivity index (χ4n) is 8.97. The number of ether oxygens (including phenoxy) is 1. The molecule has 36 heavy (non-hydrogen) atoms. The third-order valence-corrected chi connectivity index (χ3v) is 11.7. The zero-order valence-corrected chi connectivity index (χ0v) is 23.1. The van der Waals surface area contributed by atoms with Gasteiger partial charge in [-0.15, -0.1) is 0 Å². The van der Waals surface area contributed by atoms with Gasteiger partial charge in [0, 0.05) is 23.5 Å². The van der Waals surface area contributed by atoms with Crippen LogP contribution in [0.3, 0.4) is 0 Å². The first-order valence-electron chi connectivity index (χ1n) is 13.7. The smallest absolute Gasteiger partial charge is 0.406 e. The molecule has 0 aromatic carbocycles. The number of hydrogen-bond donors (Lipinski definition) is 2. The average Bonchev–Trinajstić information content (AvgIpc) is 2.84. The molecule has 0 aliphatic heterocycles. The highest BCUT2D eigenvalue weighted by Crippen LogP contribution is 2.75. The number of amides is 1. The average molecular weight is 494 g/mol. The van der Waals surface area contributed by atoms with Gasteiger partial charge in [-0.05, 0) is 91.3 Å². The van der Waals surface area contributed by atoms with Crippen molar-refractivity contribution in [3.8, 4) is 0 Å². The number of fused-ring (bicyclic) bond motifs is 7. The lowest BCUT2D eigenvalue weighted by Gasteiger charge is -2.70. The Kier molecular flexibility index (Phi) is 5.53. The summed E-state index contributed by atoms with van der Waals surface area (Å²) in [6.45, 7) is 14.4. The number of aliphatic hydroxyl groups excluding tert-OH is 1. The van der Waals surface area contributed by atoms with Crippen molar-refractivity contribution < 1.29 is 19.4 Å². The van der Waals surface area contributed by atoms with Gasteiger partial charge in [-0.25, -0.2) is 4.79 Å². The maximum Gasteiger partial charge on any atom is 0.406 e. The summed E-state index contributed by atoms with van der Waals surface area (Å²) in [6, 6.07) is 0. The van der Waals surface area contributed by atoms with E-state index in [9.17, 15) is 14.7 Å². The number of carbonyl (C=O) groups is 2. The Morgan fingerprint density at radius 3 is 2.44 bits per heavy atom.